The van der Waals surface area contributed by atoms with E-state index in [0.717, 1.165) is 12.0 Å². The van der Waals surface area contributed by atoms with Gasteiger partial charge in [-0.05, 0) is 68.1 Å². The smallest absolute Gasteiger partial charge is 0.243 e. The van der Waals surface area contributed by atoms with Gasteiger partial charge in [0.05, 0.1) is 11.5 Å². The van der Waals surface area contributed by atoms with Gasteiger partial charge in [-0.3, -0.25) is 4.79 Å². The number of rotatable bonds is 8. The van der Waals surface area contributed by atoms with E-state index in [9.17, 15) is 13.2 Å². The largest absolute Gasteiger partial charge is 0.494 e. The number of benzene rings is 2. The molecule has 0 aliphatic carbocycles. The molecule has 1 heterocycles. The molecule has 0 atom stereocenters. The topological polar surface area (TPSA) is 75.7 Å². The van der Waals surface area contributed by atoms with Crippen molar-refractivity contribution in [2.24, 2.45) is 5.92 Å². The predicted molar refractivity (Wildman–Crippen MR) is 117 cm³/mol. The molecule has 6 nitrogen and oxygen atoms in total. The third-order valence-electron chi connectivity index (χ3n) is 5.22. The maximum Gasteiger partial charge on any atom is 0.243 e. The van der Waals surface area contributed by atoms with Gasteiger partial charge in [0.1, 0.15) is 5.75 Å². The number of piperidine rings is 1. The van der Waals surface area contributed by atoms with Crippen LogP contribution in [0.2, 0.25) is 5.02 Å². The first-order chi connectivity index (χ1) is 14.4. The maximum absolute atomic E-state index is 12.9. The van der Waals surface area contributed by atoms with Gasteiger partial charge in [-0.15, -0.1) is 0 Å². The zero-order chi connectivity index (χ0) is 21.6. The lowest BCUT2D eigenvalue weighted by molar-refractivity contribution is -0.126. The summed E-state index contributed by atoms with van der Waals surface area (Å²) in [6.07, 6.45) is 1.76. The number of sulfonamides is 1. The van der Waals surface area contributed by atoms with Crippen molar-refractivity contribution in [3.8, 4) is 5.75 Å². The molecule has 0 aromatic heterocycles. The van der Waals surface area contributed by atoms with Gasteiger partial charge in [-0.2, -0.15) is 4.31 Å². The number of nitrogens with zero attached hydrogens (tertiary/aromatic N) is 1. The Morgan fingerprint density at radius 2 is 1.73 bits per heavy atom. The molecule has 162 valence electrons. The molecule has 3 rings (SSSR count). The lowest BCUT2D eigenvalue weighted by atomic mass is 9.97. The van der Waals surface area contributed by atoms with Crippen molar-refractivity contribution in [3.05, 3.63) is 59.1 Å². The number of carbonyl (C=O) groups is 1. The lowest BCUT2D eigenvalue weighted by Crippen LogP contribution is -2.43. The summed E-state index contributed by atoms with van der Waals surface area (Å²) in [4.78, 5) is 12.7. The number of halogens is 1. The van der Waals surface area contributed by atoms with Crippen LogP contribution in [0, 0.1) is 5.92 Å². The molecular weight excluding hydrogens is 424 g/mol. The summed E-state index contributed by atoms with van der Waals surface area (Å²) in [6, 6.07) is 14.0. The highest BCUT2D eigenvalue weighted by Crippen LogP contribution is 2.25. The van der Waals surface area contributed by atoms with E-state index >= 15 is 0 Å². The maximum atomic E-state index is 12.9. The fourth-order valence-electron chi connectivity index (χ4n) is 3.51. The van der Waals surface area contributed by atoms with Crippen molar-refractivity contribution in [1.29, 1.82) is 0 Å². The molecule has 2 aromatic rings. The fourth-order valence-corrected chi connectivity index (χ4v) is 5.10. The van der Waals surface area contributed by atoms with Crippen LogP contribution in [0.5, 0.6) is 5.75 Å². The summed E-state index contributed by atoms with van der Waals surface area (Å²) in [5, 5.41) is 3.65. The van der Waals surface area contributed by atoms with Gasteiger partial charge in [-0.1, -0.05) is 23.7 Å². The highest BCUT2D eigenvalue weighted by atomic mass is 35.5. The molecule has 0 bridgehead atoms. The highest BCUT2D eigenvalue weighted by molar-refractivity contribution is 7.89. The number of carbonyl (C=O) groups excluding carboxylic acids is 1. The summed E-state index contributed by atoms with van der Waals surface area (Å²) in [5.74, 6) is 0.467. The number of hydrogen-bond acceptors (Lipinski definition) is 4. The second kappa shape index (κ2) is 10.3. The van der Waals surface area contributed by atoms with Crippen LogP contribution in [0.3, 0.4) is 0 Å². The Morgan fingerprint density at radius 3 is 2.33 bits per heavy atom. The van der Waals surface area contributed by atoms with Crippen molar-refractivity contribution in [2.75, 3.05) is 26.2 Å². The van der Waals surface area contributed by atoms with Crippen LogP contribution < -0.4 is 10.1 Å². The second-order valence-corrected chi connectivity index (χ2v) is 9.62. The van der Waals surface area contributed by atoms with Gasteiger partial charge in [0.15, 0.2) is 0 Å². The molecule has 8 heteroatoms. The fraction of sp³-hybridized carbons (Fsp3) is 0.409. The molecule has 0 unspecified atom stereocenters. The zero-order valence-electron chi connectivity index (χ0n) is 17.0. The monoisotopic (exact) mass is 450 g/mol. The van der Waals surface area contributed by atoms with Crippen molar-refractivity contribution in [3.63, 3.8) is 0 Å². The van der Waals surface area contributed by atoms with E-state index in [4.69, 9.17) is 16.3 Å². The van der Waals surface area contributed by atoms with Crippen LogP contribution in [0.1, 0.15) is 25.3 Å². The van der Waals surface area contributed by atoms with Gasteiger partial charge in [0.2, 0.25) is 15.9 Å². The summed E-state index contributed by atoms with van der Waals surface area (Å²) in [6.45, 7) is 3.63. The Balaban J connectivity index is 1.48. The molecule has 0 spiro atoms. The molecule has 2 aromatic carbocycles. The van der Waals surface area contributed by atoms with Crippen LogP contribution in [0.15, 0.2) is 53.4 Å². The first-order valence-corrected chi connectivity index (χ1v) is 12.0. The third-order valence-corrected chi connectivity index (χ3v) is 7.39. The minimum absolute atomic E-state index is 0.0120. The van der Waals surface area contributed by atoms with Crippen LogP contribution in [0.4, 0.5) is 0 Å². The highest BCUT2D eigenvalue weighted by Gasteiger charge is 2.32. The van der Waals surface area contributed by atoms with E-state index in [-0.39, 0.29) is 16.7 Å². The van der Waals surface area contributed by atoms with Crippen molar-refractivity contribution < 1.29 is 17.9 Å². The lowest BCUT2D eigenvalue weighted by Gasteiger charge is -2.30. The summed E-state index contributed by atoms with van der Waals surface area (Å²) in [7, 11) is -3.56. The first-order valence-electron chi connectivity index (χ1n) is 10.2. The molecule has 0 radical (unpaired) electrons. The molecule has 1 aliphatic rings. The first kappa shape index (κ1) is 22.6. The second-order valence-electron chi connectivity index (χ2n) is 7.25. The van der Waals surface area contributed by atoms with E-state index in [0.29, 0.717) is 49.9 Å². The Hall–Kier alpha value is -2.09. The van der Waals surface area contributed by atoms with Crippen molar-refractivity contribution >= 4 is 27.5 Å². The summed E-state index contributed by atoms with van der Waals surface area (Å²) >= 11 is 5.88. The molecular formula is C22H27ClN2O4S. The van der Waals surface area contributed by atoms with Gasteiger partial charge in [0, 0.05) is 30.6 Å². The molecule has 1 aliphatic heterocycles. The normalized spacial score (nSPS) is 15.7. The van der Waals surface area contributed by atoms with Gasteiger partial charge >= 0.3 is 0 Å². The van der Waals surface area contributed by atoms with Crippen LogP contribution in [0.25, 0.3) is 0 Å². The molecule has 0 saturated carbocycles. The SMILES string of the molecule is CCOc1ccc(S(=O)(=O)N2CCC(C(=O)NCCc3ccc(Cl)cc3)CC2)cc1. The zero-order valence-corrected chi connectivity index (χ0v) is 18.6. The minimum atomic E-state index is -3.56. The number of ether oxygens (including phenoxy) is 1. The average molecular weight is 451 g/mol. The Morgan fingerprint density at radius 1 is 1.10 bits per heavy atom. The van der Waals surface area contributed by atoms with Crippen molar-refractivity contribution in [1.82, 2.24) is 9.62 Å². The molecule has 1 N–H and O–H groups in total. The van der Waals surface area contributed by atoms with Gasteiger partial charge < -0.3 is 10.1 Å². The average Bonchev–Trinajstić information content (AvgIpc) is 2.76. The third kappa shape index (κ3) is 5.74. The molecule has 1 saturated heterocycles. The van der Waals surface area contributed by atoms with Gasteiger partial charge in [-0.25, -0.2) is 8.42 Å². The summed E-state index contributed by atoms with van der Waals surface area (Å²) < 4.78 is 32.5. The van der Waals surface area contributed by atoms with Crippen LogP contribution in [-0.2, 0) is 21.2 Å². The van der Waals surface area contributed by atoms with E-state index in [1.165, 1.54) is 4.31 Å². The Kier molecular flexibility index (Phi) is 7.75. The summed E-state index contributed by atoms with van der Waals surface area (Å²) in [5.41, 5.74) is 1.11. The number of nitrogens with one attached hydrogen (secondary N) is 1. The standard InChI is InChI=1S/C22H27ClN2O4S/c1-2-29-20-7-9-21(10-8-20)30(27,28)25-15-12-18(13-16-25)22(26)24-14-11-17-3-5-19(23)6-4-17/h3-10,18H,2,11-16H2,1H3,(H,24,26). The number of amides is 1. The molecule has 1 amide bonds. The van der Waals surface area contributed by atoms with E-state index in [1.807, 2.05) is 31.2 Å². The Bertz CT molecular complexity index is 938. The molecule has 1 fully saturated rings. The van der Waals surface area contributed by atoms with E-state index < -0.39 is 10.0 Å². The van der Waals surface area contributed by atoms with E-state index in [1.54, 1.807) is 24.3 Å². The molecule has 30 heavy (non-hydrogen) atoms. The van der Waals surface area contributed by atoms with E-state index in [2.05, 4.69) is 5.32 Å². The van der Waals surface area contributed by atoms with Crippen LogP contribution >= 0.6 is 11.6 Å². The quantitative estimate of drug-likeness (QED) is 0.667. The minimum Gasteiger partial charge on any atom is -0.494 e. The predicted octanol–water partition coefficient (Wildman–Crippen LogP) is 3.50. The van der Waals surface area contributed by atoms with Gasteiger partial charge in [0.25, 0.3) is 0 Å². The number of hydrogen-bond donors (Lipinski definition) is 1. The Labute approximate surface area is 183 Å². The van der Waals surface area contributed by atoms with Crippen LogP contribution in [-0.4, -0.2) is 44.9 Å². The van der Waals surface area contributed by atoms with Crippen molar-refractivity contribution in [2.45, 2.75) is 31.1 Å².